The fourth-order valence-corrected chi connectivity index (χ4v) is 1.11. The summed E-state index contributed by atoms with van der Waals surface area (Å²) in [5, 5.41) is 11.6. The minimum Gasteiger partial charge on any atom is -0.480 e. The van der Waals surface area contributed by atoms with Crippen molar-refractivity contribution in [3.05, 3.63) is 0 Å². The third-order valence-corrected chi connectivity index (χ3v) is 2.42. The molecule has 1 unspecified atom stereocenters. The fourth-order valence-electron chi connectivity index (χ4n) is 1.11. The van der Waals surface area contributed by atoms with E-state index in [1.165, 1.54) is 18.9 Å². The molecule has 74 valence electrons. The zero-order valence-electron chi connectivity index (χ0n) is 7.78. The van der Waals surface area contributed by atoms with Gasteiger partial charge in [0.15, 0.2) is 0 Å². The Labute approximate surface area is 76.7 Å². The second-order valence-corrected chi connectivity index (χ2v) is 3.32. The lowest BCUT2D eigenvalue weighted by Crippen LogP contribution is -2.53. The van der Waals surface area contributed by atoms with E-state index in [0.29, 0.717) is 13.1 Å². The highest BCUT2D eigenvalue weighted by Gasteiger charge is 2.31. The Hall–Kier alpha value is -1.10. The van der Waals surface area contributed by atoms with Crippen molar-refractivity contribution < 1.29 is 14.7 Å². The van der Waals surface area contributed by atoms with Crippen molar-refractivity contribution in [1.82, 2.24) is 10.2 Å². The fraction of sp³-hybridized carbons (Fsp3) is 0.750. The van der Waals surface area contributed by atoms with E-state index in [1.807, 2.05) is 0 Å². The van der Waals surface area contributed by atoms with Crippen LogP contribution in [0.4, 0.5) is 0 Å². The second-order valence-electron chi connectivity index (χ2n) is 3.32. The van der Waals surface area contributed by atoms with Crippen LogP contribution in [-0.2, 0) is 9.59 Å². The number of nitrogens with one attached hydrogen (secondary N) is 1. The van der Waals surface area contributed by atoms with Crippen molar-refractivity contribution in [3.63, 3.8) is 0 Å². The number of carbonyl (C=O) groups excluding carboxylic acids is 1. The highest BCUT2D eigenvalue weighted by molar-refractivity contribution is 5.85. The van der Waals surface area contributed by atoms with Gasteiger partial charge in [0.2, 0.25) is 5.91 Å². The normalized spacial score (nSPS) is 18.9. The molecule has 1 aliphatic heterocycles. The van der Waals surface area contributed by atoms with Crippen LogP contribution in [0, 0.1) is 5.92 Å². The molecule has 0 saturated carbocycles. The van der Waals surface area contributed by atoms with Crippen molar-refractivity contribution in [2.24, 2.45) is 5.92 Å². The van der Waals surface area contributed by atoms with Crippen molar-refractivity contribution in [2.75, 3.05) is 20.1 Å². The molecule has 13 heavy (non-hydrogen) atoms. The van der Waals surface area contributed by atoms with Crippen LogP contribution in [0.5, 0.6) is 0 Å². The summed E-state index contributed by atoms with van der Waals surface area (Å²) in [4.78, 5) is 23.3. The molecule has 1 fully saturated rings. The Bertz CT molecular complexity index is 225. The molecule has 0 bridgehead atoms. The monoisotopic (exact) mass is 186 g/mol. The molecule has 2 N–H and O–H groups in total. The second kappa shape index (κ2) is 3.74. The number of hydrogen-bond acceptors (Lipinski definition) is 3. The Kier molecular flexibility index (Phi) is 2.87. The third-order valence-electron chi connectivity index (χ3n) is 2.42. The van der Waals surface area contributed by atoms with Gasteiger partial charge in [0.05, 0.1) is 5.92 Å². The summed E-state index contributed by atoms with van der Waals surface area (Å²) in [5.41, 5.74) is 0. The highest BCUT2D eigenvalue weighted by Crippen LogP contribution is 2.09. The number of carboxylic acid groups (broad SMARTS) is 1. The van der Waals surface area contributed by atoms with Gasteiger partial charge in [-0.05, 0) is 6.92 Å². The van der Waals surface area contributed by atoms with E-state index in [1.54, 1.807) is 0 Å². The number of hydrogen-bond donors (Lipinski definition) is 2. The minimum atomic E-state index is -0.969. The first kappa shape index (κ1) is 9.98. The maximum atomic E-state index is 11.5. The van der Waals surface area contributed by atoms with E-state index in [4.69, 9.17) is 5.11 Å². The summed E-state index contributed by atoms with van der Waals surface area (Å²) in [6.45, 7) is 2.83. The summed E-state index contributed by atoms with van der Waals surface area (Å²) in [5.74, 6) is -1.09. The summed E-state index contributed by atoms with van der Waals surface area (Å²) in [7, 11) is 1.53. The molecule has 0 aromatic heterocycles. The summed E-state index contributed by atoms with van der Waals surface area (Å²) in [6, 6.07) is -0.743. The Morgan fingerprint density at radius 2 is 2.08 bits per heavy atom. The number of carboxylic acids is 1. The predicted molar refractivity (Wildman–Crippen MR) is 46.2 cm³/mol. The van der Waals surface area contributed by atoms with Crippen LogP contribution in [-0.4, -0.2) is 48.1 Å². The van der Waals surface area contributed by atoms with Gasteiger partial charge in [-0.2, -0.15) is 0 Å². The lowest BCUT2D eigenvalue weighted by Gasteiger charge is -2.31. The van der Waals surface area contributed by atoms with Crippen LogP contribution in [0.1, 0.15) is 6.92 Å². The van der Waals surface area contributed by atoms with Gasteiger partial charge in [-0.15, -0.1) is 0 Å². The van der Waals surface area contributed by atoms with Gasteiger partial charge < -0.3 is 15.3 Å². The summed E-state index contributed by atoms with van der Waals surface area (Å²) in [6.07, 6.45) is 0. The topological polar surface area (TPSA) is 69.6 Å². The smallest absolute Gasteiger partial charge is 0.326 e. The predicted octanol–water partition coefficient (Wildman–Crippen LogP) is -0.863. The molecule has 0 aromatic rings. The first-order valence-electron chi connectivity index (χ1n) is 4.24. The molecule has 1 heterocycles. The van der Waals surface area contributed by atoms with E-state index in [9.17, 15) is 9.59 Å². The number of amides is 1. The van der Waals surface area contributed by atoms with E-state index >= 15 is 0 Å². The third kappa shape index (κ3) is 1.98. The molecule has 1 rings (SSSR count). The first-order chi connectivity index (χ1) is 6.04. The zero-order valence-corrected chi connectivity index (χ0v) is 7.78. The Morgan fingerprint density at radius 1 is 1.54 bits per heavy atom. The molecule has 5 nitrogen and oxygen atoms in total. The lowest BCUT2D eigenvalue weighted by atomic mass is 10.0. The van der Waals surface area contributed by atoms with Gasteiger partial charge >= 0.3 is 5.97 Å². The van der Waals surface area contributed by atoms with E-state index < -0.39 is 12.0 Å². The van der Waals surface area contributed by atoms with Gasteiger partial charge in [0, 0.05) is 20.1 Å². The summed E-state index contributed by atoms with van der Waals surface area (Å²) < 4.78 is 0. The first-order valence-corrected chi connectivity index (χ1v) is 4.24. The average Bonchev–Trinajstić information content (AvgIpc) is 1.98. The molecule has 0 spiro atoms. The molecule has 0 aliphatic carbocycles. The average molecular weight is 186 g/mol. The van der Waals surface area contributed by atoms with E-state index in [0.717, 1.165) is 0 Å². The molecule has 5 heteroatoms. The molecule has 1 aliphatic rings. The standard InChI is InChI=1S/C8H14N2O3/c1-5(8(12)13)10(2)7(11)6-3-9-4-6/h5-6,9H,3-4H2,1-2H3,(H,12,13). The number of carbonyl (C=O) groups is 2. The van der Waals surface area contributed by atoms with Crippen LogP contribution >= 0.6 is 0 Å². The molecule has 1 saturated heterocycles. The Morgan fingerprint density at radius 3 is 2.38 bits per heavy atom. The van der Waals surface area contributed by atoms with Gasteiger partial charge in [-0.25, -0.2) is 4.79 Å². The van der Waals surface area contributed by atoms with E-state index in [-0.39, 0.29) is 11.8 Å². The quantitative estimate of drug-likeness (QED) is 0.601. The highest BCUT2D eigenvalue weighted by atomic mass is 16.4. The van der Waals surface area contributed by atoms with Crippen molar-refractivity contribution in [2.45, 2.75) is 13.0 Å². The SMILES string of the molecule is CC(C(=O)O)N(C)C(=O)C1CNC1. The number of nitrogens with zero attached hydrogens (tertiary/aromatic N) is 1. The summed E-state index contributed by atoms with van der Waals surface area (Å²) >= 11 is 0. The molecule has 0 aromatic carbocycles. The zero-order chi connectivity index (χ0) is 10.0. The lowest BCUT2D eigenvalue weighted by molar-refractivity contribution is -0.150. The number of aliphatic carboxylic acids is 1. The number of likely N-dealkylation sites (N-methyl/N-ethyl adjacent to an activating group) is 1. The maximum absolute atomic E-state index is 11.5. The molecule has 1 atom stereocenters. The Balaban J connectivity index is 2.50. The molecular formula is C8H14N2O3. The van der Waals surface area contributed by atoms with Gasteiger partial charge in [0.1, 0.15) is 6.04 Å². The number of rotatable bonds is 3. The molecule has 0 radical (unpaired) electrons. The van der Waals surface area contributed by atoms with Crippen LogP contribution in [0.25, 0.3) is 0 Å². The van der Waals surface area contributed by atoms with Gasteiger partial charge in [-0.1, -0.05) is 0 Å². The molecule has 1 amide bonds. The van der Waals surface area contributed by atoms with Gasteiger partial charge in [-0.3, -0.25) is 4.79 Å². The van der Waals surface area contributed by atoms with Crippen LogP contribution < -0.4 is 5.32 Å². The van der Waals surface area contributed by atoms with Crippen LogP contribution in [0.15, 0.2) is 0 Å². The van der Waals surface area contributed by atoms with Gasteiger partial charge in [0.25, 0.3) is 0 Å². The van der Waals surface area contributed by atoms with Crippen molar-refractivity contribution >= 4 is 11.9 Å². The largest absolute Gasteiger partial charge is 0.480 e. The maximum Gasteiger partial charge on any atom is 0.326 e. The molecular weight excluding hydrogens is 172 g/mol. The van der Waals surface area contributed by atoms with E-state index in [2.05, 4.69) is 5.32 Å². The van der Waals surface area contributed by atoms with Crippen molar-refractivity contribution in [3.8, 4) is 0 Å². The van der Waals surface area contributed by atoms with Crippen molar-refractivity contribution in [1.29, 1.82) is 0 Å². The van der Waals surface area contributed by atoms with Crippen LogP contribution in [0.3, 0.4) is 0 Å². The van der Waals surface area contributed by atoms with Crippen LogP contribution in [0.2, 0.25) is 0 Å². The minimum absolute atomic E-state index is 0.0354.